The van der Waals surface area contributed by atoms with Crippen LogP contribution < -0.4 is 0 Å². The summed E-state index contributed by atoms with van der Waals surface area (Å²) in [6, 6.07) is 5.77. The van der Waals surface area contributed by atoms with Gasteiger partial charge in [-0.3, -0.25) is 0 Å². The number of alkyl halides is 3. The van der Waals surface area contributed by atoms with Gasteiger partial charge in [0.1, 0.15) is 0 Å². The van der Waals surface area contributed by atoms with Gasteiger partial charge in [-0.25, -0.2) is 0 Å². The Bertz CT molecular complexity index is 397. The van der Waals surface area contributed by atoms with Crippen molar-refractivity contribution in [1.82, 2.24) is 0 Å². The van der Waals surface area contributed by atoms with Crippen LogP contribution in [0.25, 0.3) is 0 Å². The van der Waals surface area contributed by atoms with Crippen LogP contribution in [-0.4, -0.2) is 0 Å². The van der Waals surface area contributed by atoms with E-state index in [1.165, 1.54) is 44.2 Å². The van der Waals surface area contributed by atoms with Gasteiger partial charge in [0.2, 0.25) is 0 Å². The highest BCUT2D eigenvalue weighted by atomic mass is 19.4. The molecule has 0 amide bonds. The molecule has 1 aromatic carbocycles. The Morgan fingerprint density at radius 3 is 2.10 bits per heavy atom. The standard InChI is InChI=1S/C17H23F3/c1-2-3-4-13-5-7-14(8-6-13)15-9-11-16(12-10-15)17(18,19)20/h9-14H,2-8H2,1H3. The summed E-state index contributed by atoms with van der Waals surface area (Å²) in [6.45, 7) is 2.22. The second-order valence-electron chi connectivity index (χ2n) is 5.98. The zero-order valence-corrected chi connectivity index (χ0v) is 12.0. The summed E-state index contributed by atoms with van der Waals surface area (Å²) in [7, 11) is 0. The average Bonchev–Trinajstić information content (AvgIpc) is 2.45. The molecule has 0 radical (unpaired) electrons. The lowest BCUT2D eigenvalue weighted by Crippen LogP contribution is -2.13. The van der Waals surface area contributed by atoms with Gasteiger partial charge in [-0.2, -0.15) is 13.2 Å². The SMILES string of the molecule is CCCCC1CCC(c2ccc(C(F)(F)F)cc2)CC1. The molecule has 20 heavy (non-hydrogen) atoms. The first-order valence-corrected chi connectivity index (χ1v) is 7.68. The van der Waals surface area contributed by atoms with E-state index in [2.05, 4.69) is 6.92 Å². The van der Waals surface area contributed by atoms with E-state index >= 15 is 0 Å². The van der Waals surface area contributed by atoms with E-state index in [9.17, 15) is 13.2 Å². The molecule has 1 aliphatic rings. The Kier molecular flexibility index (Phi) is 5.11. The molecule has 0 atom stereocenters. The molecule has 0 aromatic heterocycles. The van der Waals surface area contributed by atoms with Crippen molar-refractivity contribution in [3.63, 3.8) is 0 Å². The summed E-state index contributed by atoms with van der Waals surface area (Å²) in [6.07, 6.45) is 4.35. The lowest BCUT2D eigenvalue weighted by Gasteiger charge is -2.29. The van der Waals surface area contributed by atoms with E-state index in [0.717, 1.165) is 24.3 Å². The zero-order chi connectivity index (χ0) is 14.6. The van der Waals surface area contributed by atoms with E-state index < -0.39 is 11.7 Å². The Labute approximate surface area is 119 Å². The third kappa shape index (κ3) is 4.00. The van der Waals surface area contributed by atoms with E-state index in [1.54, 1.807) is 12.1 Å². The van der Waals surface area contributed by atoms with Crippen molar-refractivity contribution in [2.75, 3.05) is 0 Å². The first-order valence-electron chi connectivity index (χ1n) is 7.68. The summed E-state index contributed by atoms with van der Waals surface area (Å²) >= 11 is 0. The summed E-state index contributed by atoms with van der Waals surface area (Å²) in [5.41, 5.74) is 0.532. The van der Waals surface area contributed by atoms with Crippen LogP contribution in [0, 0.1) is 5.92 Å². The molecule has 1 fully saturated rings. The first kappa shape index (κ1) is 15.4. The van der Waals surface area contributed by atoms with Crippen molar-refractivity contribution in [2.45, 2.75) is 64.0 Å². The first-order chi connectivity index (χ1) is 9.50. The van der Waals surface area contributed by atoms with Crippen LogP contribution in [0.5, 0.6) is 0 Å². The van der Waals surface area contributed by atoms with E-state index in [0.29, 0.717) is 5.92 Å². The van der Waals surface area contributed by atoms with Gasteiger partial charge in [-0.15, -0.1) is 0 Å². The van der Waals surface area contributed by atoms with Gasteiger partial charge < -0.3 is 0 Å². The number of hydrogen-bond acceptors (Lipinski definition) is 0. The molecule has 3 heteroatoms. The second kappa shape index (κ2) is 6.64. The van der Waals surface area contributed by atoms with Crippen LogP contribution in [-0.2, 0) is 6.18 Å². The quantitative estimate of drug-likeness (QED) is 0.620. The van der Waals surface area contributed by atoms with E-state index in [4.69, 9.17) is 0 Å². The summed E-state index contributed by atoms with van der Waals surface area (Å²) in [4.78, 5) is 0. The minimum Gasteiger partial charge on any atom is -0.166 e. The highest BCUT2D eigenvalue weighted by Gasteiger charge is 2.30. The fourth-order valence-corrected chi connectivity index (χ4v) is 3.22. The molecule has 0 nitrogen and oxygen atoms in total. The number of unbranched alkanes of at least 4 members (excludes halogenated alkanes) is 1. The number of hydrogen-bond donors (Lipinski definition) is 0. The highest BCUT2D eigenvalue weighted by molar-refractivity contribution is 5.27. The molecule has 0 bridgehead atoms. The number of halogens is 3. The van der Waals surface area contributed by atoms with Gasteiger partial charge in [-0.1, -0.05) is 38.3 Å². The molecule has 0 unspecified atom stereocenters. The molecule has 1 saturated carbocycles. The normalized spacial score (nSPS) is 23.8. The van der Waals surface area contributed by atoms with Crippen molar-refractivity contribution >= 4 is 0 Å². The Balaban J connectivity index is 1.90. The Hall–Kier alpha value is -0.990. The maximum absolute atomic E-state index is 12.5. The molecule has 0 N–H and O–H groups in total. The number of rotatable bonds is 4. The molecule has 0 aliphatic heterocycles. The predicted molar refractivity (Wildman–Crippen MR) is 75.7 cm³/mol. The Morgan fingerprint density at radius 1 is 1.00 bits per heavy atom. The fourth-order valence-electron chi connectivity index (χ4n) is 3.22. The van der Waals surface area contributed by atoms with Gasteiger partial charge in [0.25, 0.3) is 0 Å². The van der Waals surface area contributed by atoms with Gasteiger partial charge in [0, 0.05) is 0 Å². The molecule has 1 aromatic rings. The fraction of sp³-hybridized carbons (Fsp3) is 0.647. The van der Waals surface area contributed by atoms with Crippen molar-refractivity contribution in [3.05, 3.63) is 35.4 Å². The maximum atomic E-state index is 12.5. The van der Waals surface area contributed by atoms with Crippen LogP contribution >= 0.6 is 0 Å². The second-order valence-corrected chi connectivity index (χ2v) is 5.98. The molecule has 112 valence electrons. The van der Waals surface area contributed by atoms with E-state index in [-0.39, 0.29) is 0 Å². The minimum atomic E-state index is -4.23. The van der Waals surface area contributed by atoms with Gasteiger partial charge >= 0.3 is 6.18 Å². The van der Waals surface area contributed by atoms with Gasteiger partial charge in [0.05, 0.1) is 5.56 Å². The van der Waals surface area contributed by atoms with Gasteiger partial charge in [0.15, 0.2) is 0 Å². The predicted octanol–water partition coefficient (Wildman–Crippen LogP) is 6.17. The average molecular weight is 284 g/mol. The zero-order valence-electron chi connectivity index (χ0n) is 12.0. The monoisotopic (exact) mass is 284 g/mol. The summed E-state index contributed by atoms with van der Waals surface area (Å²) in [5.74, 6) is 1.29. The van der Waals surface area contributed by atoms with Crippen molar-refractivity contribution in [3.8, 4) is 0 Å². The van der Waals surface area contributed by atoms with Crippen LogP contribution in [0.1, 0.15) is 68.9 Å². The Morgan fingerprint density at radius 2 is 1.60 bits per heavy atom. The summed E-state index contributed by atoms with van der Waals surface area (Å²) < 4.78 is 37.6. The molecule has 0 heterocycles. The minimum absolute atomic E-state index is 0.454. The van der Waals surface area contributed by atoms with Crippen LogP contribution in [0.4, 0.5) is 13.2 Å². The van der Waals surface area contributed by atoms with Crippen LogP contribution in [0.3, 0.4) is 0 Å². The van der Waals surface area contributed by atoms with Crippen molar-refractivity contribution < 1.29 is 13.2 Å². The highest BCUT2D eigenvalue weighted by Crippen LogP contribution is 2.38. The van der Waals surface area contributed by atoms with Crippen LogP contribution in [0.15, 0.2) is 24.3 Å². The van der Waals surface area contributed by atoms with Crippen molar-refractivity contribution in [2.24, 2.45) is 5.92 Å². The molecular weight excluding hydrogens is 261 g/mol. The smallest absolute Gasteiger partial charge is 0.166 e. The van der Waals surface area contributed by atoms with E-state index in [1.807, 2.05) is 0 Å². The molecule has 0 spiro atoms. The largest absolute Gasteiger partial charge is 0.416 e. The molecule has 0 saturated heterocycles. The molecule has 2 rings (SSSR count). The lowest BCUT2D eigenvalue weighted by molar-refractivity contribution is -0.137. The molecule has 1 aliphatic carbocycles. The topological polar surface area (TPSA) is 0 Å². The molecular formula is C17H23F3. The third-order valence-corrected chi connectivity index (χ3v) is 4.52. The lowest BCUT2D eigenvalue weighted by atomic mass is 9.77. The van der Waals surface area contributed by atoms with Crippen molar-refractivity contribution in [1.29, 1.82) is 0 Å². The summed E-state index contributed by atoms with van der Waals surface area (Å²) in [5, 5.41) is 0. The third-order valence-electron chi connectivity index (χ3n) is 4.52. The van der Waals surface area contributed by atoms with Gasteiger partial charge in [-0.05, 0) is 55.2 Å². The van der Waals surface area contributed by atoms with Crippen LogP contribution in [0.2, 0.25) is 0 Å². The number of benzene rings is 1. The maximum Gasteiger partial charge on any atom is 0.416 e.